The number of aliphatic carboxylic acids is 1. The zero-order valence-electron chi connectivity index (χ0n) is 8.63. The molecule has 0 atom stereocenters. The molecule has 0 aromatic rings. The fourth-order valence-corrected chi connectivity index (χ4v) is 4.27. The Morgan fingerprint density at radius 2 is 1.81 bits per heavy atom. The predicted molar refractivity (Wildman–Crippen MR) is 55.9 cm³/mol. The van der Waals surface area contributed by atoms with Gasteiger partial charge in [-0.2, -0.15) is 0 Å². The summed E-state index contributed by atoms with van der Waals surface area (Å²) in [5.74, 6) is -1.06. The van der Waals surface area contributed by atoms with E-state index in [-0.39, 0.29) is 6.54 Å². The number of carbonyl (C=O) groups is 1. The van der Waals surface area contributed by atoms with Crippen molar-refractivity contribution in [3.63, 3.8) is 0 Å². The number of sulfonamides is 1. The van der Waals surface area contributed by atoms with E-state index in [0.717, 1.165) is 6.26 Å². The summed E-state index contributed by atoms with van der Waals surface area (Å²) in [6, 6.07) is 0. The minimum absolute atomic E-state index is 0.250. The van der Waals surface area contributed by atoms with Crippen LogP contribution in [0.2, 0.25) is 0 Å². The lowest BCUT2D eigenvalue weighted by atomic mass is 10.1. The maximum absolute atomic E-state index is 11.3. The van der Waals surface area contributed by atoms with E-state index in [2.05, 4.69) is 0 Å². The Kier molecular flexibility index (Phi) is 3.32. The zero-order valence-corrected chi connectivity index (χ0v) is 10.3. The highest BCUT2D eigenvalue weighted by Crippen LogP contribution is 2.45. The van der Waals surface area contributed by atoms with Crippen LogP contribution in [-0.2, 0) is 24.7 Å². The highest BCUT2D eigenvalue weighted by molar-refractivity contribution is 8.06. The molecule has 0 radical (unpaired) electrons. The molecule has 0 aromatic heterocycles. The van der Waals surface area contributed by atoms with E-state index in [9.17, 15) is 21.6 Å². The van der Waals surface area contributed by atoms with Crippen LogP contribution in [0.5, 0.6) is 0 Å². The van der Waals surface area contributed by atoms with Crippen LogP contribution in [0.1, 0.15) is 12.8 Å². The van der Waals surface area contributed by atoms with Gasteiger partial charge in [0.15, 0.2) is 14.9 Å². The van der Waals surface area contributed by atoms with Crippen LogP contribution < -0.4 is 4.72 Å². The third-order valence-corrected chi connectivity index (χ3v) is 5.84. The van der Waals surface area contributed by atoms with Crippen molar-refractivity contribution in [2.45, 2.75) is 12.8 Å². The summed E-state index contributed by atoms with van der Waals surface area (Å²) in [7, 11) is -7.61. The van der Waals surface area contributed by atoms with E-state index in [1.807, 2.05) is 4.72 Å². The second-order valence-electron chi connectivity index (χ2n) is 4.06. The first-order chi connectivity index (χ1) is 7.06. The van der Waals surface area contributed by atoms with Crippen molar-refractivity contribution in [1.29, 1.82) is 0 Å². The van der Waals surface area contributed by atoms with Gasteiger partial charge in [0.05, 0.1) is 5.41 Å². The lowest BCUT2D eigenvalue weighted by Crippen LogP contribution is -2.37. The second kappa shape index (κ2) is 3.97. The lowest BCUT2D eigenvalue weighted by molar-refractivity contribution is -0.143. The Hall–Kier alpha value is -0.670. The molecular formula is C7H13NO6S2. The molecule has 7 nitrogen and oxygen atoms in total. The number of hydrogen-bond donors (Lipinski definition) is 2. The van der Waals surface area contributed by atoms with Crippen LogP contribution in [0.4, 0.5) is 0 Å². The molecule has 0 spiro atoms. The summed E-state index contributed by atoms with van der Waals surface area (Å²) < 4.78 is 46.1. The van der Waals surface area contributed by atoms with Crippen molar-refractivity contribution in [2.75, 3.05) is 17.9 Å². The number of carboxylic acid groups (broad SMARTS) is 1. The second-order valence-corrected chi connectivity index (χ2v) is 8.38. The van der Waals surface area contributed by atoms with E-state index in [0.29, 0.717) is 12.8 Å². The third kappa shape index (κ3) is 3.72. The van der Waals surface area contributed by atoms with Gasteiger partial charge in [-0.1, -0.05) is 0 Å². The molecule has 1 rings (SSSR count). The van der Waals surface area contributed by atoms with E-state index in [4.69, 9.17) is 5.11 Å². The highest BCUT2D eigenvalue weighted by Gasteiger charge is 2.50. The SMILES string of the molecule is CS(=O)(=O)CS(=O)(=O)NCC1(C(=O)O)CC1. The van der Waals surface area contributed by atoms with E-state index in [1.165, 1.54) is 0 Å². The number of nitrogens with one attached hydrogen (secondary N) is 1. The summed E-state index contributed by atoms with van der Waals surface area (Å²) in [6.07, 6.45) is 1.61. The van der Waals surface area contributed by atoms with Gasteiger partial charge in [0.25, 0.3) is 0 Å². The van der Waals surface area contributed by atoms with E-state index in [1.54, 1.807) is 0 Å². The van der Waals surface area contributed by atoms with Gasteiger partial charge in [0.1, 0.15) is 0 Å². The first kappa shape index (κ1) is 13.4. The average molecular weight is 271 g/mol. The lowest BCUT2D eigenvalue weighted by Gasteiger charge is -2.10. The van der Waals surface area contributed by atoms with Crippen LogP contribution in [0, 0.1) is 5.41 Å². The molecule has 0 bridgehead atoms. The number of carboxylic acids is 1. The number of sulfone groups is 1. The van der Waals surface area contributed by atoms with Gasteiger partial charge in [-0.25, -0.2) is 21.6 Å². The normalized spacial score (nSPS) is 19.3. The molecule has 0 unspecified atom stereocenters. The smallest absolute Gasteiger partial charge is 0.310 e. The third-order valence-electron chi connectivity index (χ3n) is 2.31. The standard InChI is InChI=1S/C7H13NO6S2/c1-15(11,12)5-16(13,14)8-4-7(2-3-7)6(9)10/h8H,2-5H2,1H3,(H,9,10). The molecule has 1 fully saturated rings. The molecule has 0 aromatic carbocycles. The van der Waals surface area contributed by atoms with Gasteiger partial charge in [-0.15, -0.1) is 0 Å². The van der Waals surface area contributed by atoms with Crippen molar-refractivity contribution in [2.24, 2.45) is 5.41 Å². The van der Waals surface area contributed by atoms with Crippen LogP contribution in [0.25, 0.3) is 0 Å². The summed E-state index contributed by atoms with van der Waals surface area (Å²) in [5, 5.41) is 7.76. The molecule has 1 aliphatic carbocycles. The predicted octanol–water partition coefficient (Wildman–Crippen LogP) is -1.23. The summed E-state index contributed by atoms with van der Waals surface area (Å²) in [6.45, 7) is -0.250. The minimum atomic E-state index is -3.97. The molecule has 2 N–H and O–H groups in total. The molecule has 0 amide bonds. The van der Waals surface area contributed by atoms with Gasteiger partial charge in [0, 0.05) is 12.8 Å². The molecule has 1 aliphatic rings. The molecule has 0 saturated heterocycles. The molecule has 0 heterocycles. The Labute approximate surface area is 93.8 Å². The first-order valence-corrected chi connectivity index (χ1v) is 8.16. The zero-order chi connectivity index (χ0) is 12.6. The summed E-state index contributed by atoms with van der Waals surface area (Å²) in [4.78, 5) is 10.7. The maximum atomic E-state index is 11.3. The van der Waals surface area contributed by atoms with Gasteiger partial charge >= 0.3 is 5.97 Å². The summed E-state index contributed by atoms with van der Waals surface area (Å²) in [5.41, 5.74) is -1.04. The van der Waals surface area contributed by atoms with Crippen LogP contribution in [0.3, 0.4) is 0 Å². The highest BCUT2D eigenvalue weighted by atomic mass is 32.3. The van der Waals surface area contributed by atoms with Crippen molar-refractivity contribution >= 4 is 25.8 Å². The molecular weight excluding hydrogens is 258 g/mol. The van der Waals surface area contributed by atoms with Crippen molar-refractivity contribution in [1.82, 2.24) is 4.72 Å². The monoisotopic (exact) mass is 271 g/mol. The molecule has 1 saturated carbocycles. The van der Waals surface area contributed by atoms with Gasteiger partial charge in [-0.05, 0) is 12.8 Å². The average Bonchev–Trinajstić information content (AvgIpc) is 2.76. The van der Waals surface area contributed by atoms with Crippen LogP contribution in [0.15, 0.2) is 0 Å². The van der Waals surface area contributed by atoms with Gasteiger partial charge in [0.2, 0.25) is 10.0 Å². The van der Waals surface area contributed by atoms with Gasteiger partial charge in [-0.3, -0.25) is 4.79 Å². The van der Waals surface area contributed by atoms with E-state index < -0.39 is 36.3 Å². The van der Waals surface area contributed by atoms with Crippen molar-refractivity contribution in [3.8, 4) is 0 Å². The molecule has 9 heteroatoms. The molecule has 0 aliphatic heterocycles. The van der Waals surface area contributed by atoms with Crippen molar-refractivity contribution < 1.29 is 26.7 Å². The van der Waals surface area contributed by atoms with Crippen LogP contribution >= 0.6 is 0 Å². The Bertz CT molecular complexity index is 487. The van der Waals surface area contributed by atoms with Gasteiger partial charge < -0.3 is 5.11 Å². The first-order valence-electron chi connectivity index (χ1n) is 4.45. The number of rotatable bonds is 6. The molecule has 94 valence electrons. The quantitative estimate of drug-likeness (QED) is 0.624. The largest absolute Gasteiger partial charge is 0.481 e. The number of hydrogen-bond acceptors (Lipinski definition) is 5. The Balaban J connectivity index is 2.59. The fourth-order valence-electron chi connectivity index (χ4n) is 1.19. The van der Waals surface area contributed by atoms with Crippen LogP contribution in [-0.4, -0.2) is 45.8 Å². The molecule has 16 heavy (non-hydrogen) atoms. The minimum Gasteiger partial charge on any atom is -0.481 e. The maximum Gasteiger partial charge on any atom is 0.310 e. The van der Waals surface area contributed by atoms with E-state index >= 15 is 0 Å². The van der Waals surface area contributed by atoms with Crippen molar-refractivity contribution in [3.05, 3.63) is 0 Å². The Morgan fingerprint density at radius 1 is 1.31 bits per heavy atom. The fraction of sp³-hybridized carbons (Fsp3) is 0.857. The Morgan fingerprint density at radius 3 is 2.12 bits per heavy atom. The summed E-state index contributed by atoms with van der Waals surface area (Å²) >= 11 is 0. The topological polar surface area (TPSA) is 118 Å².